The van der Waals surface area contributed by atoms with Gasteiger partial charge in [-0.3, -0.25) is 4.57 Å². The molecule has 0 spiro atoms. The van der Waals surface area contributed by atoms with Crippen LogP contribution >= 0.6 is 19.8 Å². The molecule has 0 saturated carbocycles. The highest BCUT2D eigenvalue weighted by Gasteiger charge is 2.24. The molecular formula is C7H15O4PS. The molecule has 0 bridgehead atoms. The minimum atomic E-state index is -3.08. The van der Waals surface area contributed by atoms with Gasteiger partial charge < -0.3 is 13.8 Å². The average Bonchev–Trinajstić information content (AvgIpc) is 2.02. The Balaban J connectivity index is 4.07. The highest BCUT2D eigenvalue weighted by Crippen LogP contribution is 2.47. The molecule has 0 fully saturated rings. The summed E-state index contributed by atoms with van der Waals surface area (Å²) in [4.78, 5) is 0. The van der Waals surface area contributed by atoms with Crippen LogP contribution in [0.25, 0.3) is 0 Å². The minimum Gasteiger partial charge on any atom is -0.475 e. The summed E-state index contributed by atoms with van der Waals surface area (Å²) in [7, 11) is -3.08. The fourth-order valence-electron chi connectivity index (χ4n) is 0.675. The number of ether oxygens (including phenoxy) is 1. The highest BCUT2D eigenvalue weighted by molar-refractivity contribution is 7.80. The van der Waals surface area contributed by atoms with E-state index in [0.717, 1.165) is 0 Å². The van der Waals surface area contributed by atoms with Gasteiger partial charge in [0.1, 0.15) is 0 Å². The SMILES string of the molecule is CCOP(=O)(COC(C)=S)OCC. The van der Waals surface area contributed by atoms with Gasteiger partial charge in [0, 0.05) is 6.92 Å². The van der Waals surface area contributed by atoms with Gasteiger partial charge in [0.05, 0.1) is 13.2 Å². The van der Waals surface area contributed by atoms with Crippen LogP contribution < -0.4 is 0 Å². The molecule has 0 rings (SSSR count). The van der Waals surface area contributed by atoms with Gasteiger partial charge in [0.15, 0.2) is 11.4 Å². The first-order valence-corrected chi connectivity index (χ1v) is 6.19. The van der Waals surface area contributed by atoms with Crippen LogP contribution in [0.1, 0.15) is 20.8 Å². The van der Waals surface area contributed by atoms with Crippen molar-refractivity contribution in [2.24, 2.45) is 0 Å². The molecular weight excluding hydrogens is 211 g/mol. The fourth-order valence-corrected chi connectivity index (χ4v) is 2.18. The molecule has 0 heterocycles. The first-order valence-electron chi connectivity index (χ1n) is 4.05. The predicted molar refractivity (Wildman–Crippen MR) is 55.1 cm³/mol. The number of hydrogen-bond acceptors (Lipinski definition) is 5. The summed E-state index contributed by atoms with van der Waals surface area (Å²) in [5.41, 5.74) is 0. The van der Waals surface area contributed by atoms with E-state index in [1.807, 2.05) is 0 Å². The molecule has 0 N–H and O–H groups in total. The van der Waals surface area contributed by atoms with E-state index in [4.69, 9.17) is 13.8 Å². The molecule has 0 unspecified atom stereocenters. The molecule has 0 aliphatic rings. The smallest absolute Gasteiger partial charge is 0.367 e. The van der Waals surface area contributed by atoms with E-state index in [2.05, 4.69) is 12.2 Å². The summed E-state index contributed by atoms with van der Waals surface area (Å²) in [6.07, 6.45) is -0.107. The van der Waals surface area contributed by atoms with E-state index in [1.165, 1.54) is 0 Å². The van der Waals surface area contributed by atoms with E-state index in [0.29, 0.717) is 18.3 Å². The van der Waals surface area contributed by atoms with Crippen molar-refractivity contribution in [3.8, 4) is 0 Å². The summed E-state index contributed by atoms with van der Waals surface area (Å²) in [6.45, 7) is 5.76. The summed E-state index contributed by atoms with van der Waals surface area (Å²) >= 11 is 4.68. The summed E-state index contributed by atoms with van der Waals surface area (Å²) in [5, 5.41) is 0.333. The summed E-state index contributed by atoms with van der Waals surface area (Å²) in [5.74, 6) is 0. The molecule has 0 saturated heterocycles. The Labute approximate surface area is 84.1 Å². The van der Waals surface area contributed by atoms with Crippen LogP contribution in [0.15, 0.2) is 0 Å². The van der Waals surface area contributed by atoms with Crippen LogP contribution in [0.3, 0.4) is 0 Å². The van der Waals surface area contributed by atoms with Crippen molar-refractivity contribution in [3.05, 3.63) is 0 Å². The second-order valence-corrected chi connectivity index (χ2v) is 4.78. The van der Waals surface area contributed by atoms with Crippen molar-refractivity contribution in [1.82, 2.24) is 0 Å². The molecule has 13 heavy (non-hydrogen) atoms. The van der Waals surface area contributed by atoms with E-state index in [-0.39, 0.29) is 6.35 Å². The number of rotatable bonds is 6. The van der Waals surface area contributed by atoms with Gasteiger partial charge in [-0.1, -0.05) is 0 Å². The molecule has 6 heteroatoms. The molecule has 4 nitrogen and oxygen atoms in total. The quantitative estimate of drug-likeness (QED) is 0.514. The van der Waals surface area contributed by atoms with E-state index in [1.54, 1.807) is 20.8 Å². The highest BCUT2D eigenvalue weighted by atomic mass is 32.1. The third kappa shape index (κ3) is 6.16. The molecule has 0 aliphatic heterocycles. The first-order chi connectivity index (χ1) is 6.04. The molecule has 0 aliphatic carbocycles. The monoisotopic (exact) mass is 226 g/mol. The number of hydrogen-bond donors (Lipinski definition) is 0. The van der Waals surface area contributed by atoms with Crippen LogP contribution in [0.2, 0.25) is 0 Å². The average molecular weight is 226 g/mol. The van der Waals surface area contributed by atoms with Crippen molar-refractivity contribution < 1.29 is 18.3 Å². The Morgan fingerprint density at radius 1 is 1.31 bits per heavy atom. The Kier molecular flexibility index (Phi) is 6.51. The second-order valence-electron chi connectivity index (χ2n) is 2.21. The lowest BCUT2D eigenvalue weighted by Crippen LogP contribution is -2.05. The largest absolute Gasteiger partial charge is 0.475 e. The lowest BCUT2D eigenvalue weighted by molar-refractivity contribution is 0.195. The van der Waals surface area contributed by atoms with E-state index >= 15 is 0 Å². The lowest BCUT2D eigenvalue weighted by Gasteiger charge is -2.16. The van der Waals surface area contributed by atoms with Crippen molar-refractivity contribution in [1.29, 1.82) is 0 Å². The van der Waals surface area contributed by atoms with Crippen LogP contribution in [-0.2, 0) is 18.3 Å². The Morgan fingerprint density at radius 2 is 1.77 bits per heavy atom. The standard InChI is InChI=1S/C7H15O4PS/c1-4-10-12(8,11-5-2)6-9-7(3)13/h4-6H2,1-3H3. The maximum Gasteiger partial charge on any atom is 0.367 e. The van der Waals surface area contributed by atoms with Crippen LogP contribution in [0.4, 0.5) is 0 Å². The Bertz CT molecular complexity index is 197. The fraction of sp³-hybridized carbons (Fsp3) is 0.857. The molecule has 0 radical (unpaired) electrons. The third-order valence-electron chi connectivity index (χ3n) is 1.08. The topological polar surface area (TPSA) is 44.8 Å². The lowest BCUT2D eigenvalue weighted by atomic mass is 10.9. The molecule has 0 aromatic carbocycles. The Morgan fingerprint density at radius 3 is 2.08 bits per heavy atom. The van der Waals surface area contributed by atoms with Gasteiger partial charge in [0.25, 0.3) is 0 Å². The van der Waals surface area contributed by atoms with Gasteiger partial charge in [-0.05, 0) is 26.1 Å². The maximum atomic E-state index is 11.7. The zero-order chi connectivity index (χ0) is 10.3. The normalized spacial score (nSPS) is 11.3. The van der Waals surface area contributed by atoms with Gasteiger partial charge in [-0.2, -0.15) is 0 Å². The zero-order valence-electron chi connectivity index (χ0n) is 8.11. The van der Waals surface area contributed by atoms with Gasteiger partial charge >= 0.3 is 7.60 Å². The number of thiocarbonyl (C=S) groups is 1. The predicted octanol–water partition coefficient (Wildman–Crippen LogP) is 2.57. The van der Waals surface area contributed by atoms with Crippen molar-refractivity contribution >= 4 is 24.9 Å². The Hall–Kier alpha value is 0.0400. The van der Waals surface area contributed by atoms with E-state index < -0.39 is 7.60 Å². The molecule has 0 amide bonds. The van der Waals surface area contributed by atoms with Crippen molar-refractivity contribution in [2.75, 3.05) is 19.6 Å². The summed E-state index contributed by atoms with van der Waals surface area (Å²) < 4.78 is 26.6. The zero-order valence-corrected chi connectivity index (χ0v) is 9.82. The molecule has 78 valence electrons. The van der Waals surface area contributed by atoms with Crippen molar-refractivity contribution in [2.45, 2.75) is 20.8 Å². The van der Waals surface area contributed by atoms with Crippen LogP contribution in [0, 0.1) is 0 Å². The van der Waals surface area contributed by atoms with Crippen LogP contribution in [0.5, 0.6) is 0 Å². The molecule has 0 atom stereocenters. The van der Waals surface area contributed by atoms with Gasteiger partial charge in [0.2, 0.25) is 0 Å². The summed E-state index contributed by atoms with van der Waals surface area (Å²) in [6, 6.07) is 0. The van der Waals surface area contributed by atoms with E-state index in [9.17, 15) is 4.57 Å². The molecule has 0 aromatic heterocycles. The first kappa shape index (κ1) is 13.0. The van der Waals surface area contributed by atoms with Crippen molar-refractivity contribution in [3.63, 3.8) is 0 Å². The van der Waals surface area contributed by atoms with Gasteiger partial charge in [-0.25, -0.2) is 0 Å². The second kappa shape index (κ2) is 6.49. The third-order valence-corrected chi connectivity index (χ3v) is 2.94. The van der Waals surface area contributed by atoms with Gasteiger partial charge in [-0.15, -0.1) is 0 Å². The minimum absolute atomic E-state index is 0.107. The molecule has 0 aromatic rings. The van der Waals surface area contributed by atoms with Crippen LogP contribution in [-0.4, -0.2) is 24.6 Å². The maximum absolute atomic E-state index is 11.7.